The molecule has 1 amide bonds. The Morgan fingerprint density at radius 3 is 2.82 bits per heavy atom. The molecule has 0 bridgehead atoms. The largest absolute Gasteiger partial charge is 0.493 e. The second kappa shape index (κ2) is 8.86. The minimum absolute atomic E-state index is 0.217. The van der Waals surface area contributed by atoms with Gasteiger partial charge in [-0.1, -0.05) is 0 Å². The lowest BCUT2D eigenvalue weighted by atomic mass is 10.0. The number of aromatic nitrogens is 2. The van der Waals surface area contributed by atoms with Crippen molar-refractivity contribution < 1.29 is 14.3 Å². The highest BCUT2D eigenvalue weighted by Gasteiger charge is 2.25. The lowest BCUT2D eigenvalue weighted by molar-refractivity contribution is 0.102. The van der Waals surface area contributed by atoms with Gasteiger partial charge in [-0.15, -0.1) is 0 Å². The average Bonchev–Trinajstić information content (AvgIpc) is 2.82. The number of nitrogens with zero attached hydrogens (tertiary/aromatic N) is 3. The van der Waals surface area contributed by atoms with E-state index in [1.807, 2.05) is 30.3 Å². The van der Waals surface area contributed by atoms with Crippen LogP contribution in [0.4, 0.5) is 11.4 Å². The number of rotatable bonds is 4. The maximum absolute atomic E-state index is 13.3. The van der Waals surface area contributed by atoms with Crippen LogP contribution in [0.3, 0.4) is 0 Å². The van der Waals surface area contributed by atoms with E-state index in [2.05, 4.69) is 39.3 Å². The van der Waals surface area contributed by atoms with Crippen molar-refractivity contribution in [1.29, 1.82) is 0 Å². The van der Waals surface area contributed by atoms with Gasteiger partial charge in [0.1, 0.15) is 5.75 Å². The minimum Gasteiger partial charge on any atom is -0.493 e. The predicted molar refractivity (Wildman–Crippen MR) is 129 cm³/mol. The fraction of sp³-hybridized carbons (Fsp3) is 0.400. The lowest BCUT2D eigenvalue weighted by Crippen LogP contribution is -2.54. The molecule has 0 saturated carbocycles. The molecule has 2 aliphatic heterocycles. The van der Waals surface area contributed by atoms with Crippen molar-refractivity contribution >= 4 is 28.2 Å². The molecule has 0 radical (unpaired) electrons. The summed E-state index contributed by atoms with van der Waals surface area (Å²) in [5.41, 5.74) is 3.95. The minimum atomic E-state index is -0.217. The van der Waals surface area contributed by atoms with E-state index in [0.717, 1.165) is 60.6 Å². The van der Waals surface area contributed by atoms with Crippen LogP contribution in [-0.2, 0) is 6.42 Å². The van der Waals surface area contributed by atoms with Crippen LogP contribution in [0.25, 0.3) is 10.9 Å². The van der Waals surface area contributed by atoms with Crippen molar-refractivity contribution in [1.82, 2.24) is 15.3 Å². The fourth-order valence-corrected chi connectivity index (χ4v) is 4.81. The average molecular weight is 448 g/mol. The molecule has 1 saturated heterocycles. The maximum atomic E-state index is 13.3. The summed E-state index contributed by atoms with van der Waals surface area (Å²) in [7, 11) is 1.53. The van der Waals surface area contributed by atoms with E-state index in [-0.39, 0.29) is 11.9 Å². The third kappa shape index (κ3) is 4.30. The van der Waals surface area contributed by atoms with Crippen molar-refractivity contribution in [2.45, 2.75) is 38.8 Å². The number of hydrogen-bond donors (Lipinski definition) is 2. The highest BCUT2D eigenvalue weighted by Crippen LogP contribution is 2.32. The maximum Gasteiger partial charge on any atom is 0.316 e. The summed E-state index contributed by atoms with van der Waals surface area (Å²) in [5, 5.41) is 7.43. The number of amides is 1. The van der Waals surface area contributed by atoms with Gasteiger partial charge < -0.3 is 25.0 Å². The van der Waals surface area contributed by atoms with Crippen LogP contribution in [0, 0.1) is 0 Å². The Morgan fingerprint density at radius 2 is 2.03 bits per heavy atom. The topological polar surface area (TPSA) is 88.6 Å². The highest BCUT2D eigenvalue weighted by molar-refractivity contribution is 6.13. The van der Waals surface area contributed by atoms with Gasteiger partial charge in [0.2, 0.25) is 0 Å². The summed E-state index contributed by atoms with van der Waals surface area (Å²) in [6.45, 7) is 6.83. The molecule has 8 nitrogen and oxygen atoms in total. The van der Waals surface area contributed by atoms with Crippen molar-refractivity contribution in [3.8, 4) is 11.8 Å². The van der Waals surface area contributed by atoms with Crippen LogP contribution in [0.15, 0.2) is 36.5 Å². The van der Waals surface area contributed by atoms with E-state index in [1.54, 1.807) is 6.20 Å². The molecule has 3 aromatic rings. The molecule has 2 aliphatic rings. The molecular formula is C25H29N5O3. The van der Waals surface area contributed by atoms with Crippen LogP contribution in [0.5, 0.6) is 11.8 Å². The smallest absolute Gasteiger partial charge is 0.316 e. The number of piperazine rings is 1. The molecule has 33 heavy (non-hydrogen) atoms. The summed E-state index contributed by atoms with van der Waals surface area (Å²) >= 11 is 0. The van der Waals surface area contributed by atoms with Crippen LogP contribution in [0.2, 0.25) is 0 Å². The van der Waals surface area contributed by atoms with Gasteiger partial charge in [0.15, 0.2) is 0 Å². The standard InChI is InChI=1S/C25H29N5O3/c1-15-13-30(14-16(2)27-15)21-8-7-19(23-20(21)12-26-25(29-23)32-3)24(31)28-18-6-9-22-17(11-18)5-4-10-33-22/h6-9,11-12,15-16,27H,4-5,10,13-14H2,1-3H3,(H,28,31)/t15-,16+. The fourth-order valence-electron chi connectivity index (χ4n) is 4.81. The number of anilines is 2. The first kappa shape index (κ1) is 21.5. The molecule has 8 heteroatoms. The number of hydrogen-bond acceptors (Lipinski definition) is 7. The van der Waals surface area contributed by atoms with Gasteiger partial charge >= 0.3 is 6.01 Å². The Kier molecular flexibility index (Phi) is 5.76. The Hall–Kier alpha value is -3.39. The van der Waals surface area contributed by atoms with Gasteiger partial charge in [0.05, 0.1) is 24.8 Å². The van der Waals surface area contributed by atoms with E-state index in [9.17, 15) is 4.79 Å². The van der Waals surface area contributed by atoms with Crippen LogP contribution in [-0.4, -0.2) is 54.8 Å². The monoisotopic (exact) mass is 447 g/mol. The van der Waals surface area contributed by atoms with Crippen molar-refractivity contribution in [2.75, 3.05) is 37.0 Å². The molecule has 2 aromatic carbocycles. The molecule has 0 aliphatic carbocycles. The van der Waals surface area contributed by atoms with Crippen LogP contribution >= 0.6 is 0 Å². The molecule has 3 heterocycles. The third-order valence-corrected chi connectivity index (χ3v) is 6.20. The number of nitrogens with one attached hydrogen (secondary N) is 2. The first-order valence-corrected chi connectivity index (χ1v) is 11.4. The highest BCUT2D eigenvalue weighted by atomic mass is 16.5. The van der Waals surface area contributed by atoms with Gasteiger partial charge in [-0.3, -0.25) is 4.79 Å². The summed E-state index contributed by atoms with van der Waals surface area (Å²) in [5.74, 6) is 0.678. The molecule has 0 spiro atoms. The van der Waals surface area contributed by atoms with Gasteiger partial charge in [-0.2, -0.15) is 4.98 Å². The van der Waals surface area contributed by atoms with Crippen molar-refractivity contribution in [2.24, 2.45) is 0 Å². The van der Waals surface area contributed by atoms with Crippen LogP contribution < -0.4 is 25.0 Å². The van der Waals surface area contributed by atoms with E-state index in [1.165, 1.54) is 7.11 Å². The molecule has 2 atom stereocenters. The van der Waals surface area contributed by atoms with Crippen LogP contribution in [0.1, 0.15) is 36.2 Å². The number of carbonyl (C=O) groups excluding carboxylic acids is 1. The second-order valence-corrected chi connectivity index (χ2v) is 8.85. The second-order valence-electron chi connectivity index (χ2n) is 8.85. The number of benzene rings is 2. The van der Waals surface area contributed by atoms with E-state index in [0.29, 0.717) is 23.2 Å². The van der Waals surface area contributed by atoms with E-state index < -0.39 is 0 Å². The van der Waals surface area contributed by atoms with Crippen molar-refractivity contribution in [3.05, 3.63) is 47.7 Å². The third-order valence-electron chi connectivity index (χ3n) is 6.20. The lowest BCUT2D eigenvalue weighted by Gasteiger charge is -2.38. The molecule has 1 aromatic heterocycles. The summed E-state index contributed by atoms with van der Waals surface area (Å²) < 4.78 is 11.0. The van der Waals surface area contributed by atoms with E-state index in [4.69, 9.17) is 9.47 Å². The number of fused-ring (bicyclic) bond motifs is 2. The molecule has 5 rings (SSSR count). The van der Waals surface area contributed by atoms with Gasteiger partial charge in [0, 0.05) is 48.1 Å². The Bertz CT molecular complexity index is 1190. The van der Waals surface area contributed by atoms with E-state index >= 15 is 0 Å². The Balaban J connectivity index is 1.50. The first-order valence-electron chi connectivity index (χ1n) is 11.4. The summed E-state index contributed by atoms with van der Waals surface area (Å²) in [4.78, 5) is 24.5. The van der Waals surface area contributed by atoms with Gasteiger partial charge in [0.25, 0.3) is 5.91 Å². The number of aryl methyl sites for hydroxylation is 1. The Morgan fingerprint density at radius 1 is 1.21 bits per heavy atom. The zero-order chi connectivity index (χ0) is 22.9. The normalized spacial score (nSPS) is 20.2. The zero-order valence-corrected chi connectivity index (χ0v) is 19.2. The van der Waals surface area contributed by atoms with Gasteiger partial charge in [-0.25, -0.2) is 4.98 Å². The number of carbonyl (C=O) groups is 1. The zero-order valence-electron chi connectivity index (χ0n) is 19.2. The molecule has 2 N–H and O–H groups in total. The summed E-state index contributed by atoms with van der Waals surface area (Å²) in [6, 6.07) is 10.6. The number of methoxy groups -OCH3 is 1. The molecular weight excluding hydrogens is 418 g/mol. The quantitative estimate of drug-likeness (QED) is 0.634. The molecule has 1 fully saturated rings. The Labute approximate surface area is 193 Å². The van der Waals surface area contributed by atoms with Gasteiger partial charge in [-0.05, 0) is 62.6 Å². The van der Waals surface area contributed by atoms with Crippen molar-refractivity contribution in [3.63, 3.8) is 0 Å². The predicted octanol–water partition coefficient (Wildman–Crippen LogP) is 3.40. The summed E-state index contributed by atoms with van der Waals surface area (Å²) in [6.07, 6.45) is 3.68. The number of ether oxygens (including phenoxy) is 2. The molecule has 172 valence electrons. The first-order chi connectivity index (χ1) is 16.0. The SMILES string of the molecule is COc1ncc2c(N3C[C@@H](C)N[C@@H](C)C3)ccc(C(=O)Nc3ccc4c(c3)CCCO4)c2n1. The molecule has 0 unspecified atom stereocenters.